The number of hydrogen-bond acceptors (Lipinski definition) is 2. The Morgan fingerprint density at radius 2 is 2.10 bits per heavy atom. The summed E-state index contributed by atoms with van der Waals surface area (Å²) in [6, 6.07) is 10.8. The quantitative estimate of drug-likeness (QED) is 0.726. The van der Waals surface area contributed by atoms with Crippen molar-refractivity contribution in [2.75, 3.05) is 0 Å². The lowest BCUT2D eigenvalue weighted by atomic mass is 9.82. The highest BCUT2D eigenvalue weighted by Crippen LogP contribution is 2.35. The maximum Gasteiger partial charge on any atom is 0.177 e. The van der Waals surface area contributed by atoms with Crippen molar-refractivity contribution in [2.45, 2.75) is 32.1 Å². The lowest BCUT2D eigenvalue weighted by Crippen LogP contribution is -2.12. The third-order valence-electron chi connectivity index (χ3n) is 4.32. The highest BCUT2D eigenvalue weighted by Gasteiger charge is 2.24. The predicted octanol–water partition coefficient (Wildman–Crippen LogP) is 3.73. The largest absolute Gasteiger partial charge is 0.340 e. The van der Waals surface area contributed by atoms with E-state index in [1.807, 2.05) is 12.3 Å². The molecule has 3 aromatic rings. The molecule has 0 bridgehead atoms. The van der Waals surface area contributed by atoms with Crippen molar-refractivity contribution in [2.24, 2.45) is 0 Å². The van der Waals surface area contributed by atoms with Crippen LogP contribution in [0.2, 0.25) is 0 Å². The van der Waals surface area contributed by atoms with Crippen molar-refractivity contribution in [3.63, 3.8) is 0 Å². The van der Waals surface area contributed by atoms with Gasteiger partial charge in [0.1, 0.15) is 5.82 Å². The smallest absolute Gasteiger partial charge is 0.177 e. The summed E-state index contributed by atoms with van der Waals surface area (Å²) >= 11 is 0. The number of rotatable bonds is 1. The van der Waals surface area contributed by atoms with Gasteiger partial charge in [0.25, 0.3) is 0 Å². The second kappa shape index (κ2) is 4.44. The van der Waals surface area contributed by atoms with E-state index >= 15 is 0 Å². The second-order valence-corrected chi connectivity index (χ2v) is 5.59. The third-order valence-corrected chi connectivity index (χ3v) is 4.32. The third kappa shape index (κ3) is 1.73. The van der Waals surface area contributed by atoms with Crippen molar-refractivity contribution in [3.05, 3.63) is 59.0 Å². The molecule has 1 unspecified atom stereocenters. The molecule has 100 valence electrons. The van der Waals surface area contributed by atoms with Gasteiger partial charge in [-0.3, -0.25) is 0 Å². The van der Waals surface area contributed by atoms with Gasteiger partial charge in [0.05, 0.1) is 5.52 Å². The number of H-pyrrole nitrogens is 1. The van der Waals surface area contributed by atoms with E-state index in [0.29, 0.717) is 5.92 Å². The van der Waals surface area contributed by atoms with Crippen LogP contribution in [-0.4, -0.2) is 15.0 Å². The van der Waals surface area contributed by atoms with Gasteiger partial charge in [0.15, 0.2) is 5.65 Å². The Balaban J connectivity index is 1.86. The maximum absolute atomic E-state index is 4.73. The van der Waals surface area contributed by atoms with Crippen LogP contribution in [0.1, 0.15) is 41.3 Å². The standard InChI is InChI=1S/C17H17N3/c1-11-9-10-18-17-15(11)19-16(20-17)14-8-4-6-12-5-2-3-7-13(12)14/h2-3,5,7,9-10,14H,4,6,8H2,1H3,(H,18,19,20). The van der Waals surface area contributed by atoms with Gasteiger partial charge >= 0.3 is 0 Å². The summed E-state index contributed by atoms with van der Waals surface area (Å²) in [6.45, 7) is 2.10. The molecular weight excluding hydrogens is 246 g/mol. The molecule has 0 aliphatic heterocycles. The van der Waals surface area contributed by atoms with Gasteiger partial charge in [-0.05, 0) is 48.9 Å². The molecule has 2 aromatic heterocycles. The average Bonchev–Trinajstić information content (AvgIpc) is 2.92. The molecule has 2 heterocycles. The Morgan fingerprint density at radius 3 is 3.00 bits per heavy atom. The summed E-state index contributed by atoms with van der Waals surface area (Å²) in [7, 11) is 0. The zero-order valence-electron chi connectivity index (χ0n) is 11.6. The van der Waals surface area contributed by atoms with Gasteiger partial charge in [-0.2, -0.15) is 0 Å². The first kappa shape index (κ1) is 11.6. The monoisotopic (exact) mass is 263 g/mol. The van der Waals surface area contributed by atoms with Crippen molar-refractivity contribution < 1.29 is 0 Å². The van der Waals surface area contributed by atoms with Gasteiger partial charge in [-0.15, -0.1) is 0 Å². The summed E-state index contributed by atoms with van der Waals surface area (Å²) in [5, 5.41) is 0. The number of imidazole rings is 1. The zero-order valence-corrected chi connectivity index (χ0v) is 11.6. The predicted molar refractivity (Wildman–Crippen MR) is 79.8 cm³/mol. The molecule has 20 heavy (non-hydrogen) atoms. The van der Waals surface area contributed by atoms with Gasteiger partial charge in [-0.25, -0.2) is 9.97 Å². The Labute approximate surface area is 118 Å². The van der Waals surface area contributed by atoms with Crippen LogP contribution >= 0.6 is 0 Å². The summed E-state index contributed by atoms with van der Waals surface area (Å²) in [5.74, 6) is 1.45. The lowest BCUT2D eigenvalue weighted by Gasteiger charge is -2.23. The number of nitrogens with one attached hydrogen (secondary N) is 1. The maximum atomic E-state index is 4.73. The first-order valence-corrected chi connectivity index (χ1v) is 7.22. The number of fused-ring (bicyclic) bond motifs is 2. The first-order valence-electron chi connectivity index (χ1n) is 7.22. The van der Waals surface area contributed by atoms with Crippen molar-refractivity contribution in [3.8, 4) is 0 Å². The van der Waals surface area contributed by atoms with Crippen molar-refractivity contribution >= 4 is 11.2 Å². The Hall–Kier alpha value is -2.16. The summed E-state index contributed by atoms with van der Waals surface area (Å²) in [4.78, 5) is 12.6. The van der Waals surface area contributed by atoms with Crippen LogP contribution in [-0.2, 0) is 6.42 Å². The Bertz CT molecular complexity index is 773. The van der Waals surface area contributed by atoms with Crippen LogP contribution < -0.4 is 0 Å². The fraction of sp³-hybridized carbons (Fsp3) is 0.294. The second-order valence-electron chi connectivity index (χ2n) is 5.59. The molecule has 1 aromatic carbocycles. The molecule has 0 spiro atoms. The van der Waals surface area contributed by atoms with E-state index in [9.17, 15) is 0 Å². The number of benzene rings is 1. The van der Waals surface area contributed by atoms with Gasteiger partial charge in [0.2, 0.25) is 0 Å². The van der Waals surface area contributed by atoms with E-state index in [1.54, 1.807) is 0 Å². The molecule has 0 fully saturated rings. The number of nitrogens with zero attached hydrogens (tertiary/aromatic N) is 2. The molecular formula is C17H17N3. The number of pyridine rings is 1. The van der Waals surface area contributed by atoms with Gasteiger partial charge < -0.3 is 4.98 Å². The van der Waals surface area contributed by atoms with Crippen LogP contribution in [0.3, 0.4) is 0 Å². The first-order chi connectivity index (χ1) is 9.83. The fourth-order valence-corrected chi connectivity index (χ4v) is 3.26. The summed E-state index contributed by atoms with van der Waals surface area (Å²) in [5.41, 5.74) is 6.01. The van der Waals surface area contributed by atoms with E-state index in [0.717, 1.165) is 23.4 Å². The Morgan fingerprint density at radius 1 is 1.20 bits per heavy atom. The minimum atomic E-state index is 0.383. The molecule has 3 nitrogen and oxygen atoms in total. The minimum absolute atomic E-state index is 0.383. The Kier molecular flexibility index (Phi) is 2.59. The zero-order chi connectivity index (χ0) is 13.5. The fourth-order valence-electron chi connectivity index (χ4n) is 3.26. The number of hydrogen-bond donors (Lipinski definition) is 1. The molecule has 1 atom stereocenters. The highest BCUT2D eigenvalue weighted by molar-refractivity contribution is 5.74. The average molecular weight is 263 g/mol. The van der Waals surface area contributed by atoms with Crippen molar-refractivity contribution in [1.82, 2.24) is 15.0 Å². The molecule has 1 N–H and O–H groups in total. The topological polar surface area (TPSA) is 41.6 Å². The lowest BCUT2D eigenvalue weighted by molar-refractivity contribution is 0.596. The number of aromatic amines is 1. The van der Waals surface area contributed by atoms with E-state index in [1.165, 1.54) is 29.5 Å². The molecule has 3 heteroatoms. The number of aryl methyl sites for hydroxylation is 2. The molecule has 0 saturated heterocycles. The van der Waals surface area contributed by atoms with Gasteiger partial charge in [0, 0.05) is 12.1 Å². The van der Waals surface area contributed by atoms with E-state index in [-0.39, 0.29) is 0 Å². The molecule has 0 radical (unpaired) electrons. The van der Waals surface area contributed by atoms with E-state index < -0.39 is 0 Å². The van der Waals surface area contributed by atoms with Crippen LogP contribution in [0.5, 0.6) is 0 Å². The van der Waals surface area contributed by atoms with Crippen LogP contribution in [0.4, 0.5) is 0 Å². The van der Waals surface area contributed by atoms with Crippen LogP contribution in [0.15, 0.2) is 36.5 Å². The minimum Gasteiger partial charge on any atom is -0.340 e. The van der Waals surface area contributed by atoms with Gasteiger partial charge in [-0.1, -0.05) is 24.3 Å². The van der Waals surface area contributed by atoms with E-state index in [2.05, 4.69) is 41.2 Å². The van der Waals surface area contributed by atoms with Crippen molar-refractivity contribution in [1.29, 1.82) is 0 Å². The van der Waals surface area contributed by atoms with Crippen LogP contribution in [0, 0.1) is 6.92 Å². The SMILES string of the molecule is Cc1ccnc2nc(C3CCCc4ccccc43)[nH]c12. The highest BCUT2D eigenvalue weighted by atomic mass is 15.0. The molecule has 0 saturated carbocycles. The summed E-state index contributed by atoms with van der Waals surface area (Å²) in [6.07, 6.45) is 5.41. The molecule has 0 amide bonds. The number of aromatic nitrogens is 3. The molecule has 4 rings (SSSR count). The van der Waals surface area contributed by atoms with E-state index in [4.69, 9.17) is 4.98 Å². The molecule has 1 aliphatic rings. The normalized spacial score (nSPS) is 18.1. The molecule has 1 aliphatic carbocycles. The van der Waals surface area contributed by atoms with Crippen LogP contribution in [0.25, 0.3) is 11.2 Å². The summed E-state index contributed by atoms with van der Waals surface area (Å²) < 4.78 is 0.